The van der Waals surface area contributed by atoms with Crippen LogP contribution in [-0.2, 0) is 0 Å². The zero-order valence-electron chi connectivity index (χ0n) is 9.75. The quantitative estimate of drug-likeness (QED) is 0.637. The lowest BCUT2D eigenvalue weighted by Crippen LogP contribution is -1.89. The molecular formula is C13H12N4. The fourth-order valence-electron chi connectivity index (χ4n) is 1.80. The summed E-state index contributed by atoms with van der Waals surface area (Å²) >= 11 is 0. The maximum Gasteiger partial charge on any atom is 0.183 e. The lowest BCUT2D eigenvalue weighted by Gasteiger charge is -1.97. The molecule has 0 N–H and O–H groups in total. The highest BCUT2D eigenvalue weighted by Gasteiger charge is 2.08. The SMILES string of the molecule is Cc1ccc2nc(-c3cnccc3C)nn2c1. The average Bonchev–Trinajstić information content (AvgIpc) is 2.72. The summed E-state index contributed by atoms with van der Waals surface area (Å²) in [4.78, 5) is 8.62. The first kappa shape index (κ1) is 9.96. The van der Waals surface area contributed by atoms with Crippen molar-refractivity contribution in [2.75, 3.05) is 0 Å². The molecule has 0 atom stereocenters. The molecule has 0 aromatic carbocycles. The van der Waals surface area contributed by atoms with Gasteiger partial charge in [-0.25, -0.2) is 9.50 Å². The van der Waals surface area contributed by atoms with Gasteiger partial charge in [0, 0.05) is 24.2 Å². The number of hydrogen-bond acceptors (Lipinski definition) is 3. The highest BCUT2D eigenvalue weighted by atomic mass is 15.3. The van der Waals surface area contributed by atoms with Crippen molar-refractivity contribution in [3.8, 4) is 11.4 Å². The van der Waals surface area contributed by atoms with Crippen molar-refractivity contribution in [3.05, 3.63) is 47.9 Å². The van der Waals surface area contributed by atoms with Gasteiger partial charge in [-0.05, 0) is 37.1 Å². The lowest BCUT2D eigenvalue weighted by atomic mass is 10.1. The van der Waals surface area contributed by atoms with E-state index in [2.05, 4.69) is 15.1 Å². The second-order valence-electron chi connectivity index (χ2n) is 4.14. The molecule has 4 heteroatoms. The maximum absolute atomic E-state index is 4.50. The van der Waals surface area contributed by atoms with Gasteiger partial charge in [-0.15, -0.1) is 5.10 Å². The van der Waals surface area contributed by atoms with Crippen LogP contribution in [0.2, 0.25) is 0 Å². The summed E-state index contributed by atoms with van der Waals surface area (Å²) in [5, 5.41) is 4.47. The third kappa shape index (κ3) is 1.67. The number of aryl methyl sites for hydroxylation is 2. The molecular weight excluding hydrogens is 212 g/mol. The van der Waals surface area contributed by atoms with Crippen molar-refractivity contribution in [2.24, 2.45) is 0 Å². The van der Waals surface area contributed by atoms with Crippen LogP contribution >= 0.6 is 0 Å². The van der Waals surface area contributed by atoms with E-state index in [1.165, 1.54) is 0 Å². The minimum absolute atomic E-state index is 0.723. The highest BCUT2D eigenvalue weighted by Crippen LogP contribution is 2.19. The van der Waals surface area contributed by atoms with Gasteiger partial charge < -0.3 is 0 Å². The number of pyridine rings is 2. The third-order valence-electron chi connectivity index (χ3n) is 2.76. The van der Waals surface area contributed by atoms with E-state index in [-0.39, 0.29) is 0 Å². The first-order valence-electron chi connectivity index (χ1n) is 5.48. The van der Waals surface area contributed by atoms with Crippen LogP contribution in [0.15, 0.2) is 36.8 Å². The molecule has 0 aliphatic carbocycles. The van der Waals surface area contributed by atoms with Crippen LogP contribution in [0.3, 0.4) is 0 Å². The molecule has 0 amide bonds. The van der Waals surface area contributed by atoms with Crippen LogP contribution in [-0.4, -0.2) is 19.6 Å². The second-order valence-corrected chi connectivity index (χ2v) is 4.14. The molecule has 4 nitrogen and oxygen atoms in total. The molecule has 3 aromatic rings. The molecule has 3 rings (SSSR count). The van der Waals surface area contributed by atoms with Gasteiger partial charge in [-0.1, -0.05) is 6.07 Å². The molecule has 0 aliphatic rings. The number of hydrogen-bond donors (Lipinski definition) is 0. The van der Waals surface area contributed by atoms with E-state index in [4.69, 9.17) is 0 Å². The molecule has 0 radical (unpaired) electrons. The molecule has 0 saturated heterocycles. The summed E-state index contributed by atoms with van der Waals surface area (Å²) in [7, 11) is 0. The van der Waals surface area contributed by atoms with Crippen LogP contribution in [0.5, 0.6) is 0 Å². The molecule has 0 fully saturated rings. The smallest absolute Gasteiger partial charge is 0.183 e. The summed E-state index contributed by atoms with van der Waals surface area (Å²) in [6.07, 6.45) is 5.55. The largest absolute Gasteiger partial charge is 0.264 e. The van der Waals surface area contributed by atoms with Crippen LogP contribution < -0.4 is 0 Å². The van der Waals surface area contributed by atoms with Crippen LogP contribution in [0.4, 0.5) is 0 Å². The fourth-order valence-corrected chi connectivity index (χ4v) is 1.80. The van der Waals surface area contributed by atoms with Gasteiger partial charge in [-0.3, -0.25) is 4.98 Å². The van der Waals surface area contributed by atoms with E-state index in [1.807, 2.05) is 38.2 Å². The van der Waals surface area contributed by atoms with Gasteiger partial charge in [0.15, 0.2) is 11.5 Å². The van der Waals surface area contributed by atoms with Gasteiger partial charge >= 0.3 is 0 Å². The Labute approximate surface area is 99.0 Å². The zero-order chi connectivity index (χ0) is 11.8. The Kier molecular flexibility index (Phi) is 2.14. The van der Waals surface area contributed by atoms with Crippen molar-refractivity contribution < 1.29 is 0 Å². The number of nitrogens with zero attached hydrogens (tertiary/aromatic N) is 4. The maximum atomic E-state index is 4.50. The van der Waals surface area contributed by atoms with Crippen molar-refractivity contribution in [3.63, 3.8) is 0 Å². The van der Waals surface area contributed by atoms with Crippen LogP contribution in [0, 0.1) is 13.8 Å². The average molecular weight is 224 g/mol. The summed E-state index contributed by atoms with van der Waals surface area (Å²) in [6, 6.07) is 5.97. The fraction of sp³-hybridized carbons (Fsp3) is 0.154. The normalized spacial score (nSPS) is 10.9. The second kappa shape index (κ2) is 3.66. The Morgan fingerprint density at radius 2 is 2.00 bits per heavy atom. The predicted octanol–water partition coefficient (Wildman–Crippen LogP) is 2.41. The Morgan fingerprint density at radius 1 is 1.12 bits per heavy atom. The van der Waals surface area contributed by atoms with Gasteiger partial charge in [-0.2, -0.15) is 0 Å². The molecule has 3 aromatic heterocycles. The van der Waals surface area contributed by atoms with Crippen molar-refractivity contribution in [1.29, 1.82) is 0 Å². The molecule has 0 saturated carbocycles. The van der Waals surface area contributed by atoms with Gasteiger partial charge in [0.25, 0.3) is 0 Å². The molecule has 3 heterocycles. The van der Waals surface area contributed by atoms with E-state index in [0.29, 0.717) is 0 Å². The first-order valence-corrected chi connectivity index (χ1v) is 5.48. The predicted molar refractivity (Wildman–Crippen MR) is 65.7 cm³/mol. The van der Waals surface area contributed by atoms with E-state index in [0.717, 1.165) is 28.2 Å². The summed E-state index contributed by atoms with van der Waals surface area (Å²) in [5.74, 6) is 0.723. The molecule has 0 unspecified atom stereocenters. The minimum atomic E-state index is 0.723. The van der Waals surface area contributed by atoms with E-state index >= 15 is 0 Å². The number of aromatic nitrogens is 4. The summed E-state index contributed by atoms with van der Waals surface area (Å²) in [5.41, 5.74) is 4.13. The van der Waals surface area contributed by atoms with Crippen molar-refractivity contribution in [1.82, 2.24) is 19.6 Å². The highest BCUT2D eigenvalue weighted by molar-refractivity contribution is 5.60. The first-order chi connectivity index (χ1) is 8.24. The van der Waals surface area contributed by atoms with Gasteiger partial charge in [0.05, 0.1) is 0 Å². The molecule has 84 valence electrons. The van der Waals surface area contributed by atoms with Crippen molar-refractivity contribution in [2.45, 2.75) is 13.8 Å². The third-order valence-corrected chi connectivity index (χ3v) is 2.76. The zero-order valence-corrected chi connectivity index (χ0v) is 9.75. The Balaban J connectivity index is 2.22. The molecule has 17 heavy (non-hydrogen) atoms. The van der Waals surface area contributed by atoms with Gasteiger partial charge in [0.2, 0.25) is 0 Å². The molecule has 0 aliphatic heterocycles. The van der Waals surface area contributed by atoms with Gasteiger partial charge in [0.1, 0.15) is 0 Å². The Morgan fingerprint density at radius 3 is 2.82 bits per heavy atom. The van der Waals surface area contributed by atoms with E-state index in [9.17, 15) is 0 Å². The van der Waals surface area contributed by atoms with E-state index in [1.54, 1.807) is 16.9 Å². The Bertz CT molecular complexity index is 685. The Hall–Kier alpha value is -2.23. The molecule has 0 spiro atoms. The lowest BCUT2D eigenvalue weighted by molar-refractivity contribution is 0.954. The number of fused-ring (bicyclic) bond motifs is 1. The monoisotopic (exact) mass is 224 g/mol. The van der Waals surface area contributed by atoms with Crippen LogP contribution in [0.1, 0.15) is 11.1 Å². The van der Waals surface area contributed by atoms with Crippen LogP contribution in [0.25, 0.3) is 17.0 Å². The van der Waals surface area contributed by atoms with E-state index < -0.39 is 0 Å². The summed E-state index contributed by atoms with van der Waals surface area (Å²) < 4.78 is 1.80. The minimum Gasteiger partial charge on any atom is -0.264 e. The molecule has 0 bridgehead atoms. The topological polar surface area (TPSA) is 43.1 Å². The number of rotatable bonds is 1. The van der Waals surface area contributed by atoms with Crippen molar-refractivity contribution >= 4 is 5.65 Å². The summed E-state index contributed by atoms with van der Waals surface area (Å²) in [6.45, 7) is 4.07. The standard InChI is InChI=1S/C13H12N4/c1-9-3-4-12-15-13(16-17(12)8-9)11-7-14-6-5-10(11)2/h3-8H,1-2H3.